The molecule has 1 aromatic heterocycles. The van der Waals surface area contributed by atoms with Crippen molar-refractivity contribution in [1.29, 1.82) is 0 Å². The third kappa shape index (κ3) is 2.40. The molecule has 0 saturated carbocycles. The van der Waals surface area contributed by atoms with E-state index in [2.05, 4.69) is 5.10 Å². The lowest BCUT2D eigenvalue weighted by molar-refractivity contribution is -0.118. The average Bonchev–Trinajstić information content (AvgIpc) is 2.57. The predicted octanol–water partition coefficient (Wildman–Crippen LogP) is 1.84. The van der Waals surface area contributed by atoms with Gasteiger partial charge in [0, 0.05) is 24.7 Å². The molecule has 0 fully saturated rings. The molecular weight excluding hydrogens is 216 g/mol. The van der Waals surface area contributed by atoms with Crippen LogP contribution in [0.1, 0.15) is 29.8 Å². The van der Waals surface area contributed by atoms with E-state index in [1.54, 1.807) is 0 Å². The predicted molar refractivity (Wildman–Crippen MR) is 64.7 cm³/mol. The van der Waals surface area contributed by atoms with Crippen molar-refractivity contribution in [3.8, 4) is 0 Å². The molecule has 0 atom stereocenters. The monoisotopic (exact) mass is 234 g/mol. The maximum Gasteiger partial charge on any atom is 0.201 e. The van der Waals surface area contributed by atoms with Gasteiger partial charge < -0.3 is 4.74 Å². The summed E-state index contributed by atoms with van der Waals surface area (Å²) >= 11 is 0. The number of hydrogen-bond donors (Lipinski definition) is 0. The Hall–Kier alpha value is -1.58. The first-order chi connectivity index (χ1) is 8.09. The summed E-state index contributed by atoms with van der Waals surface area (Å²) in [7, 11) is 1.90. The molecule has 0 amide bonds. The van der Waals surface area contributed by atoms with Gasteiger partial charge in [-0.25, -0.2) is 0 Å². The van der Waals surface area contributed by atoms with Gasteiger partial charge in [0.15, 0.2) is 5.76 Å². The van der Waals surface area contributed by atoms with E-state index in [0.717, 1.165) is 29.8 Å². The first-order valence-electron chi connectivity index (χ1n) is 5.95. The summed E-state index contributed by atoms with van der Waals surface area (Å²) in [5.41, 5.74) is 2.99. The molecule has 1 aliphatic rings. The van der Waals surface area contributed by atoms with E-state index in [9.17, 15) is 4.79 Å². The summed E-state index contributed by atoms with van der Waals surface area (Å²) in [6.07, 6.45) is 4.22. The molecule has 0 aromatic carbocycles. The highest BCUT2D eigenvalue weighted by molar-refractivity contribution is 5.95. The van der Waals surface area contributed by atoms with E-state index in [1.165, 1.54) is 0 Å². The molecule has 92 valence electrons. The van der Waals surface area contributed by atoms with E-state index in [0.29, 0.717) is 18.8 Å². The van der Waals surface area contributed by atoms with Gasteiger partial charge in [-0.15, -0.1) is 0 Å². The second-order valence-corrected chi connectivity index (χ2v) is 4.43. The van der Waals surface area contributed by atoms with Gasteiger partial charge in [-0.1, -0.05) is 0 Å². The molecule has 0 unspecified atom stereocenters. The van der Waals surface area contributed by atoms with Crippen LogP contribution in [0.3, 0.4) is 0 Å². The highest BCUT2D eigenvalue weighted by Gasteiger charge is 2.18. The second kappa shape index (κ2) is 4.73. The summed E-state index contributed by atoms with van der Waals surface area (Å²) in [5.74, 6) is 0.586. The topological polar surface area (TPSA) is 44.1 Å². The number of aromatic nitrogens is 2. The largest absolute Gasteiger partial charge is 0.490 e. The molecule has 4 heteroatoms. The van der Waals surface area contributed by atoms with Crippen LogP contribution in [0.2, 0.25) is 0 Å². The summed E-state index contributed by atoms with van der Waals surface area (Å²) in [6.45, 7) is 4.58. The van der Waals surface area contributed by atoms with Gasteiger partial charge in [-0.3, -0.25) is 9.48 Å². The molecule has 4 nitrogen and oxygen atoms in total. The van der Waals surface area contributed by atoms with Crippen molar-refractivity contribution in [2.75, 3.05) is 6.61 Å². The Morgan fingerprint density at radius 1 is 1.53 bits per heavy atom. The number of ether oxygens (including phenoxy) is 1. The fraction of sp³-hybridized carbons (Fsp3) is 0.538. The average molecular weight is 234 g/mol. The molecule has 1 aromatic rings. The van der Waals surface area contributed by atoms with E-state index in [1.807, 2.05) is 31.7 Å². The molecule has 1 aliphatic heterocycles. The van der Waals surface area contributed by atoms with Crippen LogP contribution < -0.4 is 0 Å². The Balaban J connectivity index is 2.15. The Kier molecular flexibility index (Phi) is 3.31. The van der Waals surface area contributed by atoms with Gasteiger partial charge in [0.25, 0.3) is 0 Å². The molecule has 0 bridgehead atoms. The summed E-state index contributed by atoms with van der Waals surface area (Å²) in [6, 6.07) is 0. The number of ketones is 1. The number of aryl methyl sites for hydroxylation is 2. The third-order valence-corrected chi connectivity index (χ3v) is 3.21. The van der Waals surface area contributed by atoms with Crippen molar-refractivity contribution in [2.24, 2.45) is 7.05 Å². The highest BCUT2D eigenvalue weighted by atomic mass is 16.5. The summed E-state index contributed by atoms with van der Waals surface area (Å²) in [5, 5.41) is 4.31. The van der Waals surface area contributed by atoms with E-state index in [4.69, 9.17) is 4.74 Å². The number of allylic oxidation sites excluding steroid dienone is 2. The van der Waals surface area contributed by atoms with Crippen LogP contribution in [0.5, 0.6) is 0 Å². The normalized spacial score (nSPS) is 15.4. The minimum Gasteiger partial charge on any atom is -0.490 e. The molecule has 0 radical (unpaired) electrons. The molecule has 0 aliphatic carbocycles. The van der Waals surface area contributed by atoms with Crippen molar-refractivity contribution >= 4 is 5.78 Å². The number of carbonyl (C=O) groups excluding carboxylic acids is 1. The first-order valence-corrected chi connectivity index (χ1v) is 5.95. The SMILES string of the molecule is Cc1nn(C)c(C)c1CC(=O)C1=CCCCO1. The fourth-order valence-corrected chi connectivity index (χ4v) is 2.07. The minimum atomic E-state index is 0.0592. The van der Waals surface area contributed by atoms with Crippen LogP contribution in [0.15, 0.2) is 11.8 Å². The first kappa shape index (κ1) is 11.9. The quantitative estimate of drug-likeness (QED) is 0.801. The van der Waals surface area contributed by atoms with E-state index < -0.39 is 0 Å². The maximum atomic E-state index is 12.1. The number of rotatable bonds is 3. The summed E-state index contributed by atoms with van der Waals surface area (Å²) in [4.78, 5) is 12.1. The van der Waals surface area contributed by atoms with Crippen LogP contribution in [0.4, 0.5) is 0 Å². The zero-order valence-corrected chi connectivity index (χ0v) is 10.6. The van der Waals surface area contributed by atoms with Gasteiger partial charge in [-0.2, -0.15) is 5.10 Å². The van der Waals surface area contributed by atoms with Crippen molar-refractivity contribution in [1.82, 2.24) is 9.78 Å². The molecule has 0 saturated heterocycles. The maximum absolute atomic E-state index is 12.1. The lowest BCUT2D eigenvalue weighted by atomic mass is 10.0. The number of carbonyl (C=O) groups is 1. The summed E-state index contributed by atoms with van der Waals surface area (Å²) < 4.78 is 7.20. The molecule has 0 N–H and O–H groups in total. The Morgan fingerprint density at radius 2 is 2.29 bits per heavy atom. The Bertz CT molecular complexity index is 472. The molecular formula is C13H18N2O2. The molecule has 17 heavy (non-hydrogen) atoms. The smallest absolute Gasteiger partial charge is 0.201 e. The Morgan fingerprint density at radius 3 is 2.82 bits per heavy atom. The van der Waals surface area contributed by atoms with Crippen LogP contribution in [-0.4, -0.2) is 22.2 Å². The zero-order valence-electron chi connectivity index (χ0n) is 10.6. The standard InChI is InChI=1S/C13H18N2O2/c1-9-11(10(2)15(3)14-9)8-12(16)13-6-4-5-7-17-13/h6H,4-5,7-8H2,1-3H3. The lowest BCUT2D eigenvalue weighted by Crippen LogP contribution is -2.14. The van der Waals surface area contributed by atoms with Crippen molar-refractivity contribution in [2.45, 2.75) is 33.1 Å². The van der Waals surface area contributed by atoms with Crippen LogP contribution in [0.25, 0.3) is 0 Å². The van der Waals surface area contributed by atoms with Gasteiger partial charge in [0.1, 0.15) is 0 Å². The highest BCUT2D eigenvalue weighted by Crippen LogP contribution is 2.17. The number of hydrogen-bond acceptors (Lipinski definition) is 3. The fourth-order valence-electron chi connectivity index (χ4n) is 2.07. The van der Waals surface area contributed by atoms with Crippen molar-refractivity contribution in [3.05, 3.63) is 28.8 Å². The minimum absolute atomic E-state index is 0.0592. The van der Waals surface area contributed by atoms with E-state index in [-0.39, 0.29) is 5.78 Å². The van der Waals surface area contributed by atoms with Crippen molar-refractivity contribution in [3.63, 3.8) is 0 Å². The van der Waals surface area contributed by atoms with Crippen LogP contribution in [-0.2, 0) is 23.0 Å². The number of nitrogens with zero attached hydrogens (tertiary/aromatic N) is 2. The number of Topliss-reactive ketones (excluding diaryl/α,β-unsaturated/α-hetero) is 1. The molecule has 2 rings (SSSR count). The second-order valence-electron chi connectivity index (χ2n) is 4.43. The molecule has 0 spiro atoms. The zero-order chi connectivity index (χ0) is 12.4. The van der Waals surface area contributed by atoms with Gasteiger partial charge in [0.2, 0.25) is 5.78 Å². The van der Waals surface area contributed by atoms with Gasteiger partial charge >= 0.3 is 0 Å². The van der Waals surface area contributed by atoms with Crippen LogP contribution >= 0.6 is 0 Å². The van der Waals surface area contributed by atoms with Crippen LogP contribution in [0, 0.1) is 13.8 Å². The molecule has 2 heterocycles. The Labute approximate surface area is 101 Å². The van der Waals surface area contributed by atoms with E-state index >= 15 is 0 Å². The van der Waals surface area contributed by atoms with Gasteiger partial charge in [0.05, 0.1) is 12.3 Å². The van der Waals surface area contributed by atoms with Crippen molar-refractivity contribution < 1.29 is 9.53 Å². The third-order valence-electron chi connectivity index (χ3n) is 3.21. The van der Waals surface area contributed by atoms with Gasteiger partial charge in [-0.05, 0) is 32.8 Å². The lowest BCUT2D eigenvalue weighted by Gasteiger charge is -2.13.